The van der Waals surface area contributed by atoms with Gasteiger partial charge in [0.1, 0.15) is 0 Å². The molecule has 0 heterocycles. The molecule has 2 N–H and O–H groups in total. The van der Waals surface area contributed by atoms with Gasteiger partial charge in [-0.1, -0.05) is 300 Å². The Kier molecular flexibility index (Phi) is 14.2. The quantitative estimate of drug-likeness (QED) is 0.133. The SMILES string of the molecule is Brc1cc(Br)c2ccc3c(Br)cc(Br)c4ccc1c2c43.OB(O)c1ccc2ccccc2c1.c1ccc2cc(-c3cc(-c4ccc5ccccc5c4)c4ccc5c(-c6ccc7ccccc7c6)cc(-c6ccc7ccccc7c6)c6ccc3c4c65)ccc2c1. The average molecular weight is 1400 g/mol. The molecule has 0 aliphatic heterocycles. The van der Waals surface area contributed by atoms with Crippen LogP contribution < -0.4 is 5.46 Å². The zero-order valence-corrected chi connectivity index (χ0v) is 54.0. The number of benzene rings is 18. The molecule has 420 valence electrons. The highest BCUT2D eigenvalue weighted by molar-refractivity contribution is 9.11. The van der Waals surface area contributed by atoms with E-state index < -0.39 is 7.12 Å². The first-order valence-electron chi connectivity index (χ1n) is 29.6. The summed E-state index contributed by atoms with van der Waals surface area (Å²) < 4.78 is 4.45. The van der Waals surface area contributed by atoms with Crippen LogP contribution in [0.3, 0.4) is 0 Å². The van der Waals surface area contributed by atoms with E-state index in [0.29, 0.717) is 5.46 Å². The van der Waals surface area contributed by atoms with E-state index in [4.69, 9.17) is 10.0 Å². The Balaban J connectivity index is 0.000000156. The molecule has 0 unspecified atom stereocenters. The van der Waals surface area contributed by atoms with Gasteiger partial charge < -0.3 is 10.0 Å². The maximum atomic E-state index is 8.94. The second kappa shape index (κ2) is 22.7. The Morgan fingerprint density at radius 3 is 0.697 bits per heavy atom. The standard InChI is InChI=1S/C56H34.C16H6Br4.C10H9BO2/c1-5-13-39-29-43(21-17-35(39)9-1)51-33-52(44-22-18-36-10-2-6-14-40(36)30-44)48-27-28-50-54(46-24-20-38-12-4-8-16-42(38)32-46)34-53(49-26-25-47(51)55(48)56(49)50)45-23-19-37-11-3-7-15-41(37)31-45;17-11-5-13(19)9-3-4-10-14(20)6-12(18)8-2-1-7(11)15(9)16(8)10;12-11(13)10-6-5-8-3-1-2-4-9(8)7-10/h1-34H;1-6H;1-7,12-13H. The van der Waals surface area contributed by atoms with Gasteiger partial charge in [0.25, 0.3) is 0 Å². The normalized spacial score (nSPS) is 11.7. The Morgan fingerprint density at radius 2 is 0.427 bits per heavy atom. The van der Waals surface area contributed by atoms with Crippen molar-refractivity contribution < 1.29 is 10.0 Å². The minimum atomic E-state index is -1.38. The van der Waals surface area contributed by atoms with Gasteiger partial charge >= 0.3 is 7.12 Å². The maximum absolute atomic E-state index is 8.94. The molecular formula is C82H49BBr4O2. The zero-order chi connectivity index (χ0) is 60.0. The van der Waals surface area contributed by atoms with Gasteiger partial charge in [0.2, 0.25) is 0 Å². The average Bonchev–Trinajstić information content (AvgIpc) is 0.782. The predicted octanol–water partition coefficient (Wildman–Crippen LogP) is 24.0. The van der Waals surface area contributed by atoms with Crippen molar-refractivity contribution in [1.82, 2.24) is 0 Å². The lowest BCUT2D eigenvalue weighted by Crippen LogP contribution is -2.29. The number of halogens is 4. The largest absolute Gasteiger partial charge is 0.488 e. The smallest absolute Gasteiger partial charge is 0.423 e. The van der Waals surface area contributed by atoms with Crippen LogP contribution in [-0.2, 0) is 0 Å². The van der Waals surface area contributed by atoms with E-state index in [1.165, 1.54) is 152 Å². The van der Waals surface area contributed by atoms with E-state index in [1.807, 2.05) is 30.3 Å². The van der Waals surface area contributed by atoms with Crippen LogP contribution in [0.1, 0.15) is 0 Å². The van der Waals surface area contributed by atoms with Crippen molar-refractivity contribution in [2.75, 3.05) is 0 Å². The summed E-state index contributed by atoms with van der Waals surface area (Å²) in [5, 5.41) is 45.3. The number of hydrogen-bond acceptors (Lipinski definition) is 2. The van der Waals surface area contributed by atoms with Gasteiger partial charge in [-0.3, -0.25) is 0 Å². The third-order valence-electron chi connectivity index (χ3n) is 17.9. The summed E-state index contributed by atoms with van der Waals surface area (Å²) in [5.74, 6) is 0. The number of rotatable bonds is 5. The van der Waals surface area contributed by atoms with E-state index in [0.717, 1.165) is 28.7 Å². The monoisotopic (exact) mass is 1390 g/mol. The van der Waals surface area contributed by atoms with Gasteiger partial charge in [0.15, 0.2) is 0 Å². The lowest BCUT2D eigenvalue weighted by atomic mass is 9.79. The molecule has 0 aliphatic rings. The maximum Gasteiger partial charge on any atom is 0.488 e. The molecule has 0 amide bonds. The summed E-state index contributed by atoms with van der Waals surface area (Å²) in [6, 6.07) is 103. The summed E-state index contributed by atoms with van der Waals surface area (Å²) >= 11 is 14.7. The van der Waals surface area contributed by atoms with Crippen LogP contribution >= 0.6 is 63.7 Å². The second-order valence-corrected chi connectivity index (χ2v) is 26.4. The van der Waals surface area contributed by atoms with Crippen LogP contribution in [0.4, 0.5) is 0 Å². The van der Waals surface area contributed by atoms with Crippen molar-refractivity contribution in [2.24, 2.45) is 0 Å². The fourth-order valence-corrected chi connectivity index (χ4v) is 16.4. The van der Waals surface area contributed by atoms with Gasteiger partial charge in [-0.15, -0.1) is 0 Å². The van der Waals surface area contributed by atoms with Crippen molar-refractivity contribution in [2.45, 2.75) is 0 Å². The molecule has 18 aromatic rings. The minimum Gasteiger partial charge on any atom is -0.423 e. The molecule has 7 heteroatoms. The third kappa shape index (κ3) is 9.84. The third-order valence-corrected chi connectivity index (χ3v) is 20.5. The van der Waals surface area contributed by atoms with Crippen LogP contribution in [-0.4, -0.2) is 17.2 Å². The molecule has 0 radical (unpaired) electrons. The Morgan fingerprint density at radius 1 is 0.202 bits per heavy atom. The summed E-state index contributed by atoms with van der Waals surface area (Å²) in [7, 11) is -1.38. The highest BCUT2D eigenvalue weighted by Gasteiger charge is 2.23. The summed E-state index contributed by atoms with van der Waals surface area (Å²) in [5.41, 5.74) is 10.5. The van der Waals surface area contributed by atoms with Crippen LogP contribution in [0.15, 0.2) is 303 Å². The van der Waals surface area contributed by atoms with E-state index in [9.17, 15) is 0 Å². The highest BCUT2D eigenvalue weighted by Crippen LogP contribution is 2.50. The minimum absolute atomic E-state index is 0.527. The Labute approximate surface area is 547 Å². The Hall–Kier alpha value is -8.76. The molecule has 0 fully saturated rings. The first-order valence-corrected chi connectivity index (χ1v) is 32.8. The summed E-state index contributed by atoms with van der Waals surface area (Å²) in [6.07, 6.45) is 0. The molecule has 0 bridgehead atoms. The molecule has 2 nitrogen and oxygen atoms in total. The molecular weight excluding hydrogens is 1350 g/mol. The van der Waals surface area contributed by atoms with Crippen molar-refractivity contribution >= 4 is 195 Å². The topological polar surface area (TPSA) is 40.5 Å². The van der Waals surface area contributed by atoms with Crippen LogP contribution in [0.5, 0.6) is 0 Å². The molecule has 0 atom stereocenters. The van der Waals surface area contributed by atoms with E-state index in [-0.39, 0.29) is 0 Å². The van der Waals surface area contributed by atoms with E-state index in [2.05, 4.69) is 306 Å². The number of hydrogen-bond donors (Lipinski definition) is 2. The van der Waals surface area contributed by atoms with Crippen molar-refractivity contribution in [3.05, 3.63) is 303 Å². The van der Waals surface area contributed by atoms with Crippen LogP contribution in [0.25, 0.3) is 163 Å². The van der Waals surface area contributed by atoms with E-state index in [1.54, 1.807) is 12.1 Å². The first-order chi connectivity index (χ1) is 43.6. The molecule has 89 heavy (non-hydrogen) atoms. The summed E-state index contributed by atoms with van der Waals surface area (Å²) in [6.45, 7) is 0. The van der Waals surface area contributed by atoms with E-state index >= 15 is 0 Å². The molecule has 0 aromatic heterocycles. The van der Waals surface area contributed by atoms with Crippen molar-refractivity contribution in [1.29, 1.82) is 0 Å². The lowest BCUT2D eigenvalue weighted by Gasteiger charge is -2.22. The van der Waals surface area contributed by atoms with Crippen molar-refractivity contribution in [3.8, 4) is 44.5 Å². The summed E-state index contributed by atoms with van der Waals surface area (Å²) in [4.78, 5) is 0. The highest BCUT2D eigenvalue weighted by atomic mass is 79.9. The predicted molar refractivity (Wildman–Crippen MR) is 397 cm³/mol. The van der Waals surface area contributed by atoms with Gasteiger partial charge in [0.05, 0.1) is 0 Å². The molecule has 0 aliphatic carbocycles. The Bertz CT molecular complexity index is 5240. The van der Waals surface area contributed by atoms with Crippen LogP contribution in [0.2, 0.25) is 0 Å². The molecule has 18 aromatic carbocycles. The van der Waals surface area contributed by atoms with Gasteiger partial charge in [0, 0.05) is 17.9 Å². The fraction of sp³-hybridized carbons (Fsp3) is 0. The van der Waals surface area contributed by atoms with Crippen molar-refractivity contribution in [3.63, 3.8) is 0 Å². The molecule has 18 rings (SSSR count). The molecule has 0 saturated heterocycles. The fourth-order valence-electron chi connectivity index (χ4n) is 13.6. The van der Waals surface area contributed by atoms with Crippen LogP contribution in [0, 0.1) is 0 Å². The molecule has 0 spiro atoms. The number of fused-ring (bicyclic) bond motifs is 5. The van der Waals surface area contributed by atoms with Gasteiger partial charge in [-0.2, -0.15) is 0 Å². The lowest BCUT2D eigenvalue weighted by molar-refractivity contribution is 0.426. The zero-order valence-electron chi connectivity index (χ0n) is 47.6. The second-order valence-electron chi connectivity index (χ2n) is 23.0. The van der Waals surface area contributed by atoms with Gasteiger partial charge in [-0.25, -0.2) is 0 Å². The van der Waals surface area contributed by atoms with Gasteiger partial charge in [-0.05, 0) is 217 Å². The molecule has 0 saturated carbocycles. The first kappa shape index (κ1) is 55.5.